The van der Waals surface area contributed by atoms with Gasteiger partial charge < -0.3 is 15.5 Å². The molecule has 0 aliphatic carbocycles. The molecule has 0 radical (unpaired) electrons. The molecular formula is C12H19NO2. The van der Waals surface area contributed by atoms with Crippen molar-refractivity contribution in [3.8, 4) is 0 Å². The molecule has 84 valence electrons. The van der Waals surface area contributed by atoms with Crippen molar-refractivity contribution in [1.82, 2.24) is 5.32 Å². The van der Waals surface area contributed by atoms with E-state index in [1.807, 2.05) is 19.1 Å². The van der Waals surface area contributed by atoms with Crippen LogP contribution in [0.5, 0.6) is 0 Å². The molecule has 3 heteroatoms. The molecule has 0 heterocycles. The molecule has 1 unspecified atom stereocenters. The Balaban J connectivity index is 2.86. The molecule has 0 saturated heterocycles. The zero-order valence-electron chi connectivity index (χ0n) is 9.33. The maximum atomic E-state index is 9.28. The van der Waals surface area contributed by atoms with Crippen LogP contribution >= 0.6 is 0 Å². The third-order valence-electron chi connectivity index (χ3n) is 2.71. The number of aryl methyl sites for hydroxylation is 1. The second-order valence-corrected chi connectivity index (χ2v) is 3.70. The van der Waals surface area contributed by atoms with Crippen LogP contribution in [0.15, 0.2) is 18.2 Å². The lowest BCUT2D eigenvalue weighted by Gasteiger charge is -2.19. The van der Waals surface area contributed by atoms with Crippen LogP contribution in [-0.2, 0) is 0 Å². The molecule has 1 aromatic rings. The monoisotopic (exact) mass is 209 g/mol. The molecule has 0 fully saturated rings. The Kier molecular flexibility index (Phi) is 4.75. The summed E-state index contributed by atoms with van der Waals surface area (Å²) in [5.74, 6) is 0. The number of hydrogen-bond donors (Lipinski definition) is 3. The van der Waals surface area contributed by atoms with E-state index >= 15 is 0 Å². The Morgan fingerprint density at radius 1 is 1.27 bits per heavy atom. The normalized spacial score (nSPS) is 12.8. The first-order valence-electron chi connectivity index (χ1n) is 5.22. The van der Waals surface area contributed by atoms with E-state index in [0.717, 1.165) is 5.56 Å². The summed E-state index contributed by atoms with van der Waals surface area (Å²) in [4.78, 5) is 0. The molecule has 15 heavy (non-hydrogen) atoms. The smallest absolute Gasteiger partial charge is 0.0626 e. The van der Waals surface area contributed by atoms with Crippen molar-refractivity contribution in [3.05, 3.63) is 34.9 Å². The van der Waals surface area contributed by atoms with Gasteiger partial charge in [0.1, 0.15) is 0 Å². The van der Waals surface area contributed by atoms with E-state index in [2.05, 4.69) is 18.3 Å². The molecule has 1 aromatic carbocycles. The number of aliphatic hydroxyl groups excluding tert-OH is 2. The van der Waals surface area contributed by atoms with Crippen LogP contribution in [0.4, 0.5) is 0 Å². The lowest BCUT2D eigenvalue weighted by molar-refractivity contribution is 0.227. The van der Waals surface area contributed by atoms with E-state index in [1.54, 1.807) is 0 Å². The number of benzene rings is 1. The summed E-state index contributed by atoms with van der Waals surface area (Å²) in [6, 6.07) is 5.96. The predicted octanol–water partition coefficient (Wildman–Crippen LogP) is 0.919. The SMILES string of the molecule is Cc1cccc(C(CO)NCCO)c1C. The summed E-state index contributed by atoms with van der Waals surface area (Å²) in [5.41, 5.74) is 3.52. The minimum Gasteiger partial charge on any atom is -0.395 e. The Bertz CT molecular complexity index is 312. The van der Waals surface area contributed by atoms with Crippen LogP contribution in [0.25, 0.3) is 0 Å². The van der Waals surface area contributed by atoms with Crippen LogP contribution in [0.1, 0.15) is 22.7 Å². The Hall–Kier alpha value is -0.900. The first kappa shape index (κ1) is 12.2. The van der Waals surface area contributed by atoms with Crippen molar-refractivity contribution in [1.29, 1.82) is 0 Å². The van der Waals surface area contributed by atoms with Gasteiger partial charge in [-0.15, -0.1) is 0 Å². The lowest BCUT2D eigenvalue weighted by Crippen LogP contribution is -2.27. The second-order valence-electron chi connectivity index (χ2n) is 3.70. The molecule has 3 N–H and O–H groups in total. The zero-order chi connectivity index (χ0) is 11.3. The van der Waals surface area contributed by atoms with Crippen LogP contribution in [0.2, 0.25) is 0 Å². The standard InChI is InChI=1S/C12H19NO2/c1-9-4-3-5-11(10(9)2)12(8-15)13-6-7-14/h3-5,12-15H,6-8H2,1-2H3. The molecule has 3 nitrogen and oxygen atoms in total. The lowest BCUT2D eigenvalue weighted by atomic mass is 9.98. The van der Waals surface area contributed by atoms with Gasteiger partial charge in [-0.25, -0.2) is 0 Å². The largest absolute Gasteiger partial charge is 0.395 e. The fraction of sp³-hybridized carbons (Fsp3) is 0.500. The van der Waals surface area contributed by atoms with E-state index in [9.17, 15) is 5.11 Å². The fourth-order valence-electron chi connectivity index (χ4n) is 1.66. The molecule has 0 saturated carbocycles. The number of nitrogens with one attached hydrogen (secondary N) is 1. The van der Waals surface area contributed by atoms with Gasteiger partial charge in [-0.2, -0.15) is 0 Å². The number of rotatable bonds is 5. The van der Waals surface area contributed by atoms with Crippen LogP contribution in [-0.4, -0.2) is 30.0 Å². The highest BCUT2D eigenvalue weighted by Gasteiger charge is 2.12. The Morgan fingerprint density at radius 2 is 2.00 bits per heavy atom. The van der Waals surface area contributed by atoms with Gasteiger partial charge in [0, 0.05) is 6.54 Å². The van der Waals surface area contributed by atoms with Crippen molar-refractivity contribution in [2.24, 2.45) is 0 Å². The van der Waals surface area contributed by atoms with Crippen molar-refractivity contribution in [3.63, 3.8) is 0 Å². The summed E-state index contributed by atoms with van der Waals surface area (Å²) in [5, 5.41) is 21.1. The first-order valence-corrected chi connectivity index (χ1v) is 5.22. The quantitative estimate of drug-likeness (QED) is 0.676. The average Bonchev–Trinajstić information content (AvgIpc) is 2.25. The summed E-state index contributed by atoms with van der Waals surface area (Å²) in [6.45, 7) is 4.73. The molecule has 1 rings (SSSR count). The Morgan fingerprint density at radius 3 is 2.60 bits per heavy atom. The molecule has 0 bridgehead atoms. The van der Waals surface area contributed by atoms with Crippen molar-refractivity contribution >= 4 is 0 Å². The zero-order valence-corrected chi connectivity index (χ0v) is 9.33. The highest BCUT2D eigenvalue weighted by atomic mass is 16.3. The summed E-state index contributed by atoms with van der Waals surface area (Å²) >= 11 is 0. The van der Waals surface area contributed by atoms with Gasteiger partial charge in [0.25, 0.3) is 0 Å². The highest BCUT2D eigenvalue weighted by Crippen LogP contribution is 2.19. The van der Waals surface area contributed by atoms with Gasteiger partial charge in [0.2, 0.25) is 0 Å². The first-order chi connectivity index (χ1) is 7.20. The maximum Gasteiger partial charge on any atom is 0.0626 e. The maximum absolute atomic E-state index is 9.28. The molecule has 0 aromatic heterocycles. The number of hydrogen-bond acceptors (Lipinski definition) is 3. The van der Waals surface area contributed by atoms with Gasteiger partial charge in [-0.1, -0.05) is 18.2 Å². The van der Waals surface area contributed by atoms with E-state index in [0.29, 0.717) is 6.54 Å². The van der Waals surface area contributed by atoms with E-state index < -0.39 is 0 Å². The molecule has 0 aliphatic heterocycles. The van der Waals surface area contributed by atoms with Crippen molar-refractivity contribution in [2.45, 2.75) is 19.9 Å². The van der Waals surface area contributed by atoms with Gasteiger partial charge in [-0.3, -0.25) is 0 Å². The van der Waals surface area contributed by atoms with Crippen molar-refractivity contribution < 1.29 is 10.2 Å². The third-order valence-corrected chi connectivity index (χ3v) is 2.71. The van der Waals surface area contributed by atoms with Gasteiger partial charge in [0.15, 0.2) is 0 Å². The highest BCUT2D eigenvalue weighted by molar-refractivity contribution is 5.35. The topological polar surface area (TPSA) is 52.5 Å². The van der Waals surface area contributed by atoms with Gasteiger partial charge in [-0.05, 0) is 30.5 Å². The molecule has 0 amide bonds. The molecular weight excluding hydrogens is 190 g/mol. The van der Waals surface area contributed by atoms with Gasteiger partial charge in [0.05, 0.1) is 19.3 Å². The average molecular weight is 209 g/mol. The fourth-order valence-corrected chi connectivity index (χ4v) is 1.66. The minimum absolute atomic E-state index is 0.0459. The minimum atomic E-state index is -0.0861. The van der Waals surface area contributed by atoms with Crippen LogP contribution < -0.4 is 5.32 Å². The van der Waals surface area contributed by atoms with E-state index in [-0.39, 0.29) is 19.3 Å². The third kappa shape index (κ3) is 3.02. The van der Waals surface area contributed by atoms with Gasteiger partial charge >= 0.3 is 0 Å². The van der Waals surface area contributed by atoms with E-state index in [4.69, 9.17) is 5.11 Å². The van der Waals surface area contributed by atoms with Crippen molar-refractivity contribution in [2.75, 3.05) is 19.8 Å². The number of aliphatic hydroxyl groups is 2. The van der Waals surface area contributed by atoms with Crippen LogP contribution in [0.3, 0.4) is 0 Å². The predicted molar refractivity (Wildman–Crippen MR) is 60.8 cm³/mol. The molecule has 1 atom stereocenters. The summed E-state index contributed by atoms with van der Waals surface area (Å²) in [7, 11) is 0. The van der Waals surface area contributed by atoms with Crippen LogP contribution in [0, 0.1) is 13.8 Å². The summed E-state index contributed by atoms with van der Waals surface area (Å²) < 4.78 is 0. The summed E-state index contributed by atoms with van der Waals surface area (Å²) in [6.07, 6.45) is 0. The van der Waals surface area contributed by atoms with E-state index in [1.165, 1.54) is 11.1 Å². The molecule has 0 spiro atoms. The second kappa shape index (κ2) is 5.85. The molecule has 0 aliphatic rings. The Labute approximate surface area is 90.8 Å².